The summed E-state index contributed by atoms with van der Waals surface area (Å²) in [6.07, 6.45) is 7.73. The fourth-order valence-corrected chi connectivity index (χ4v) is 3.01. The third-order valence-electron chi connectivity index (χ3n) is 3.98. The van der Waals surface area contributed by atoms with Crippen molar-refractivity contribution in [3.8, 4) is 0 Å². The molecule has 0 radical (unpaired) electrons. The Bertz CT molecular complexity index is 319. The molecule has 0 amide bonds. The van der Waals surface area contributed by atoms with E-state index in [9.17, 15) is 5.11 Å². The summed E-state index contributed by atoms with van der Waals surface area (Å²) in [6.45, 7) is 2.27. The molecule has 1 aromatic carbocycles. The van der Waals surface area contributed by atoms with Crippen LogP contribution < -0.4 is 0 Å². The molecule has 1 saturated carbocycles. The first-order valence-corrected chi connectivity index (χ1v) is 7.29. The van der Waals surface area contributed by atoms with Gasteiger partial charge < -0.3 is 5.11 Å². The third kappa shape index (κ3) is 4.11. The summed E-state index contributed by atoms with van der Waals surface area (Å²) in [6, 6.07) is 11.4. The van der Waals surface area contributed by atoms with Gasteiger partial charge in [-0.1, -0.05) is 43.2 Å². The zero-order valence-electron chi connectivity index (χ0n) is 11.2. The summed E-state index contributed by atoms with van der Waals surface area (Å²) >= 11 is 0. The molecule has 2 heteroatoms. The molecule has 0 aliphatic heterocycles. The minimum atomic E-state index is 0.293. The zero-order valence-corrected chi connectivity index (χ0v) is 11.2. The van der Waals surface area contributed by atoms with Gasteiger partial charge in [0.25, 0.3) is 0 Å². The van der Waals surface area contributed by atoms with E-state index in [2.05, 4.69) is 35.2 Å². The summed E-state index contributed by atoms with van der Waals surface area (Å²) in [5.74, 6) is 0. The largest absolute Gasteiger partial charge is 0.395 e. The third-order valence-corrected chi connectivity index (χ3v) is 3.98. The first-order valence-electron chi connectivity index (χ1n) is 7.29. The summed E-state index contributed by atoms with van der Waals surface area (Å²) in [5.41, 5.74) is 1.42. The highest BCUT2D eigenvalue weighted by molar-refractivity contribution is 5.14. The van der Waals surface area contributed by atoms with Gasteiger partial charge in [-0.05, 0) is 37.8 Å². The molecule has 0 aromatic heterocycles. The number of aryl methyl sites for hydroxylation is 1. The number of aliphatic hydroxyl groups excluding tert-OH is 1. The molecule has 2 rings (SSSR count). The molecule has 100 valence electrons. The first kappa shape index (κ1) is 13.6. The Morgan fingerprint density at radius 3 is 2.44 bits per heavy atom. The van der Waals surface area contributed by atoms with Crippen molar-refractivity contribution in [3.05, 3.63) is 35.9 Å². The number of hydrogen-bond donors (Lipinski definition) is 1. The average Bonchev–Trinajstić information content (AvgIpc) is 2.93. The van der Waals surface area contributed by atoms with E-state index < -0.39 is 0 Å². The topological polar surface area (TPSA) is 23.5 Å². The Morgan fingerprint density at radius 2 is 1.78 bits per heavy atom. The summed E-state index contributed by atoms with van der Waals surface area (Å²) in [5, 5.41) is 9.17. The van der Waals surface area contributed by atoms with E-state index >= 15 is 0 Å². The maximum Gasteiger partial charge on any atom is 0.0558 e. The van der Waals surface area contributed by atoms with Crippen LogP contribution in [0.3, 0.4) is 0 Å². The molecule has 1 N–H and O–H groups in total. The van der Waals surface area contributed by atoms with Crippen molar-refractivity contribution in [2.24, 2.45) is 0 Å². The molecule has 0 bridgehead atoms. The van der Waals surface area contributed by atoms with Crippen LogP contribution >= 0.6 is 0 Å². The lowest BCUT2D eigenvalue weighted by molar-refractivity contribution is 0.150. The maximum absolute atomic E-state index is 9.17. The van der Waals surface area contributed by atoms with Gasteiger partial charge in [0.05, 0.1) is 6.61 Å². The number of aliphatic hydroxyl groups is 1. The molecule has 1 aliphatic rings. The number of benzene rings is 1. The number of nitrogens with zero attached hydrogens (tertiary/aromatic N) is 1. The van der Waals surface area contributed by atoms with Gasteiger partial charge in [-0.2, -0.15) is 0 Å². The fourth-order valence-electron chi connectivity index (χ4n) is 3.01. The molecular formula is C16H25NO. The van der Waals surface area contributed by atoms with Crippen molar-refractivity contribution >= 4 is 0 Å². The highest BCUT2D eigenvalue weighted by Crippen LogP contribution is 2.23. The molecule has 1 aromatic rings. The summed E-state index contributed by atoms with van der Waals surface area (Å²) in [4.78, 5) is 2.50. The molecule has 0 unspecified atom stereocenters. The van der Waals surface area contributed by atoms with Crippen LogP contribution in [-0.4, -0.2) is 35.7 Å². The fraction of sp³-hybridized carbons (Fsp3) is 0.625. The molecular weight excluding hydrogens is 222 g/mol. The van der Waals surface area contributed by atoms with Crippen molar-refractivity contribution in [1.29, 1.82) is 0 Å². The highest BCUT2D eigenvalue weighted by atomic mass is 16.3. The molecule has 0 heterocycles. The molecule has 0 atom stereocenters. The molecule has 1 aliphatic carbocycles. The molecule has 2 nitrogen and oxygen atoms in total. The molecule has 18 heavy (non-hydrogen) atoms. The summed E-state index contributed by atoms with van der Waals surface area (Å²) < 4.78 is 0. The highest BCUT2D eigenvalue weighted by Gasteiger charge is 2.21. The van der Waals surface area contributed by atoms with Crippen LogP contribution in [0, 0.1) is 0 Å². The van der Waals surface area contributed by atoms with E-state index in [0.29, 0.717) is 6.61 Å². The lowest BCUT2D eigenvalue weighted by Gasteiger charge is -2.28. The zero-order chi connectivity index (χ0) is 12.6. The second-order valence-corrected chi connectivity index (χ2v) is 5.29. The number of rotatable bonds is 7. The smallest absolute Gasteiger partial charge is 0.0558 e. The van der Waals surface area contributed by atoms with Crippen molar-refractivity contribution in [1.82, 2.24) is 4.90 Å². The van der Waals surface area contributed by atoms with Crippen LogP contribution in [0.1, 0.15) is 37.7 Å². The van der Waals surface area contributed by atoms with Gasteiger partial charge in [0, 0.05) is 12.6 Å². The van der Waals surface area contributed by atoms with E-state index in [0.717, 1.165) is 25.6 Å². The summed E-state index contributed by atoms with van der Waals surface area (Å²) in [7, 11) is 0. The molecule has 0 spiro atoms. The maximum atomic E-state index is 9.17. The minimum absolute atomic E-state index is 0.293. The predicted octanol–water partition coefficient (Wildman–Crippen LogP) is 2.86. The number of hydrogen-bond acceptors (Lipinski definition) is 2. The predicted molar refractivity (Wildman–Crippen MR) is 75.7 cm³/mol. The lowest BCUT2D eigenvalue weighted by atomic mass is 10.1. The second kappa shape index (κ2) is 7.55. The standard InChI is InChI=1S/C16H25NO/c18-14-13-17(16-10-4-5-11-16)12-6-9-15-7-2-1-3-8-15/h1-3,7-8,16,18H,4-6,9-14H2. The van der Waals surface area contributed by atoms with Gasteiger partial charge >= 0.3 is 0 Å². The van der Waals surface area contributed by atoms with Gasteiger partial charge in [-0.3, -0.25) is 4.90 Å². The SMILES string of the molecule is OCCN(CCCc1ccccc1)C1CCCC1. The quantitative estimate of drug-likeness (QED) is 0.801. The minimum Gasteiger partial charge on any atom is -0.395 e. The monoisotopic (exact) mass is 247 g/mol. The van der Waals surface area contributed by atoms with Gasteiger partial charge in [-0.25, -0.2) is 0 Å². The van der Waals surface area contributed by atoms with Crippen LogP contribution in [0.5, 0.6) is 0 Å². The average molecular weight is 247 g/mol. The van der Waals surface area contributed by atoms with Crippen molar-refractivity contribution < 1.29 is 5.11 Å². The van der Waals surface area contributed by atoms with E-state index in [4.69, 9.17) is 0 Å². The van der Waals surface area contributed by atoms with Gasteiger partial charge in [0.1, 0.15) is 0 Å². The second-order valence-electron chi connectivity index (χ2n) is 5.29. The Morgan fingerprint density at radius 1 is 1.06 bits per heavy atom. The first-order chi connectivity index (χ1) is 8.90. The normalized spacial score (nSPS) is 16.6. The van der Waals surface area contributed by atoms with Crippen LogP contribution in [0.2, 0.25) is 0 Å². The molecule has 0 saturated heterocycles. The van der Waals surface area contributed by atoms with Gasteiger partial charge in [0.15, 0.2) is 0 Å². The Balaban J connectivity index is 1.75. The van der Waals surface area contributed by atoms with Crippen molar-refractivity contribution in [2.45, 2.75) is 44.6 Å². The molecule has 1 fully saturated rings. The van der Waals surface area contributed by atoms with Gasteiger partial charge in [-0.15, -0.1) is 0 Å². The van der Waals surface area contributed by atoms with E-state index in [1.165, 1.54) is 37.7 Å². The van der Waals surface area contributed by atoms with Crippen molar-refractivity contribution in [2.75, 3.05) is 19.7 Å². The van der Waals surface area contributed by atoms with Crippen LogP contribution in [-0.2, 0) is 6.42 Å². The lowest BCUT2D eigenvalue weighted by Crippen LogP contribution is -2.36. The van der Waals surface area contributed by atoms with E-state index in [1.807, 2.05) is 0 Å². The Labute approximate surface area is 111 Å². The van der Waals surface area contributed by atoms with E-state index in [1.54, 1.807) is 0 Å². The Hall–Kier alpha value is -0.860. The van der Waals surface area contributed by atoms with Crippen LogP contribution in [0.4, 0.5) is 0 Å². The van der Waals surface area contributed by atoms with Crippen LogP contribution in [0.25, 0.3) is 0 Å². The van der Waals surface area contributed by atoms with Crippen molar-refractivity contribution in [3.63, 3.8) is 0 Å². The van der Waals surface area contributed by atoms with Gasteiger partial charge in [0.2, 0.25) is 0 Å². The van der Waals surface area contributed by atoms with E-state index in [-0.39, 0.29) is 0 Å². The Kier molecular flexibility index (Phi) is 5.69. The van der Waals surface area contributed by atoms with Crippen LogP contribution in [0.15, 0.2) is 30.3 Å².